The van der Waals surface area contributed by atoms with Crippen molar-refractivity contribution in [2.24, 2.45) is 0 Å². The van der Waals surface area contributed by atoms with E-state index in [1.54, 1.807) is 23.6 Å². The van der Waals surface area contributed by atoms with Crippen molar-refractivity contribution in [1.29, 1.82) is 0 Å². The molecule has 1 saturated heterocycles. The number of aliphatic hydroxyl groups is 1. The molecule has 0 atom stereocenters. The number of ether oxygens (including phenoxy) is 2. The quantitative estimate of drug-likeness (QED) is 0.696. The molecule has 174 valence electrons. The molecule has 0 aliphatic carbocycles. The summed E-state index contributed by atoms with van der Waals surface area (Å²) in [5.41, 5.74) is -0.302. The molecule has 11 heteroatoms. The predicted molar refractivity (Wildman–Crippen MR) is 111 cm³/mol. The Bertz CT molecular complexity index is 1110. The van der Waals surface area contributed by atoms with Gasteiger partial charge in [-0.25, -0.2) is 4.98 Å². The van der Waals surface area contributed by atoms with Crippen LogP contribution in [0.5, 0.6) is 11.5 Å². The number of hydrogen-bond acceptors (Lipinski definition) is 7. The lowest BCUT2D eigenvalue weighted by Gasteiger charge is -2.34. The van der Waals surface area contributed by atoms with Crippen LogP contribution in [0.15, 0.2) is 36.7 Å². The Morgan fingerprint density at radius 3 is 2.45 bits per heavy atom. The molecule has 9 nitrogen and oxygen atoms in total. The summed E-state index contributed by atoms with van der Waals surface area (Å²) in [6, 6.07) is 4.24. The van der Waals surface area contributed by atoms with E-state index in [2.05, 4.69) is 19.4 Å². The first-order valence-corrected chi connectivity index (χ1v) is 10.2. The van der Waals surface area contributed by atoms with Crippen molar-refractivity contribution in [1.82, 2.24) is 19.8 Å². The van der Waals surface area contributed by atoms with Crippen molar-refractivity contribution >= 4 is 17.9 Å². The van der Waals surface area contributed by atoms with Crippen molar-refractivity contribution in [3.05, 3.63) is 53.6 Å². The van der Waals surface area contributed by atoms with Gasteiger partial charge in [0.25, 0.3) is 5.91 Å². The monoisotopic (exact) mass is 460 g/mol. The highest BCUT2D eigenvalue weighted by atomic mass is 19.3. The first kappa shape index (κ1) is 22.6. The lowest BCUT2D eigenvalue weighted by molar-refractivity contribution is -0.286. The van der Waals surface area contributed by atoms with Crippen molar-refractivity contribution in [3.63, 3.8) is 0 Å². The van der Waals surface area contributed by atoms with Gasteiger partial charge in [0.15, 0.2) is 11.5 Å². The minimum absolute atomic E-state index is 0.0676. The molecule has 1 N–H and O–H groups in total. The number of alkyl halides is 2. The average molecular weight is 460 g/mol. The van der Waals surface area contributed by atoms with Gasteiger partial charge in [-0.3, -0.25) is 14.6 Å². The van der Waals surface area contributed by atoms with Gasteiger partial charge < -0.3 is 24.4 Å². The molecule has 0 saturated carbocycles. The van der Waals surface area contributed by atoms with Gasteiger partial charge in [0.05, 0.1) is 18.1 Å². The molecule has 3 heterocycles. The highest BCUT2D eigenvalue weighted by Gasteiger charge is 2.43. The number of carbonyl (C=O) groups excluding carboxylic acids is 2. The molecule has 1 aromatic carbocycles. The summed E-state index contributed by atoms with van der Waals surface area (Å²) >= 11 is 0. The smallest absolute Gasteiger partial charge is 0.395 e. The molecular weight excluding hydrogens is 438 g/mol. The molecule has 1 aromatic heterocycles. The van der Waals surface area contributed by atoms with Crippen LogP contribution in [0, 0.1) is 0 Å². The predicted octanol–water partition coefficient (Wildman–Crippen LogP) is 2.02. The third-order valence-corrected chi connectivity index (χ3v) is 5.20. The molecule has 0 spiro atoms. The number of fused-ring (bicyclic) bond motifs is 1. The van der Waals surface area contributed by atoms with E-state index in [4.69, 9.17) is 0 Å². The summed E-state index contributed by atoms with van der Waals surface area (Å²) in [5, 5.41) is 10.1. The molecule has 2 amide bonds. The number of piperazine rings is 1. The van der Waals surface area contributed by atoms with Crippen LogP contribution < -0.4 is 9.47 Å². The second-order valence-electron chi connectivity index (χ2n) is 8.17. The number of benzene rings is 1. The second kappa shape index (κ2) is 8.39. The molecular formula is C22H22F2N4O5. The Kier molecular flexibility index (Phi) is 5.75. The summed E-state index contributed by atoms with van der Waals surface area (Å²) in [6.45, 7) is 4.38. The summed E-state index contributed by atoms with van der Waals surface area (Å²) in [7, 11) is 0. The van der Waals surface area contributed by atoms with Gasteiger partial charge in [-0.15, -0.1) is 8.78 Å². The number of nitrogens with zero attached hydrogens (tertiary/aromatic N) is 4. The maximum absolute atomic E-state index is 13.1. The molecule has 4 rings (SSSR count). The maximum atomic E-state index is 13.1. The normalized spacial score (nSPS) is 17.5. The number of rotatable bonds is 4. The Balaban J connectivity index is 1.34. The van der Waals surface area contributed by atoms with Crippen LogP contribution >= 0.6 is 0 Å². The van der Waals surface area contributed by atoms with E-state index in [0.717, 1.165) is 0 Å². The third kappa shape index (κ3) is 5.08. The van der Waals surface area contributed by atoms with Crippen LogP contribution in [-0.2, 0) is 10.4 Å². The lowest BCUT2D eigenvalue weighted by Crippen LogP contribution is -2.50. The number of hydrogen-bond donors (Lipinski definition) is 1. The van der Waals surface area contributed by atoms with Gasteiger partial charge in [-0.1, -0.05) is 6.07 Å². The Morgan fingerprint density at radius 1 is 1.09 bits per heavy atom. The van der Waals surface area contributed by atoms with Crippen molar-refractivity contribution < 1.29 is 33.0 Å². The molecule has 0 bridgehead atoms. The van der Waals surface area contributed by atoms with Crippen LogP contribution in [0.1, 0.15) is 35.6 Å². The summed E-state index contributed by atoms with van der Waals surface area (Å²) in [5.74, 6) is -0.761. The van der Waals surface area contributed by atoms with E-state index in [-0.39, 0.29) is 29.0 Å². The first-order chi connectivity index (χ1) is 15.5. The summed E-state index contributed by atoms with van der Waals surface area (Å²) in [6.07, 6.45) is 1.90. The van der Waals surface area contributed by atoms with Crippen LogP contribution in [0.25, 0.3) is 6.08 Å². The van der Waals surface area contributed by atoms with E-state index >= 15 is 0 Å². The van der Waals surface area contributed by atoms with Gasteiger partial charge in [0, 0.05) is 32.3 Å². The summed E-state index contributed by atoms with van der Waals surface area (Å²) in [4.78, 5) is 36.6. The van der Waals surface area contributed by atoms with E-state index < -0.39 is 11.9 Å². The highest BCUT2D eigenvalue weighted by Crippen LogP contribution is 2.41. The molecule has 33 heavy (non-hydrogen) atoms. The van der Waals surface area contributed by atoms with Crippen molar-refractivity contribution in [3.8, 4) is 11.5 Å². The highest BCUT2D eigenvalue weighted by molar-refractivity contribution is 5.93. The van der Waals surface area contributed by atoms with Crippen LogP contribution in [0.2, 0.25) is 0 Å². The largest absolute Gasteiger partial charge is 0.586 e. The number of aromatic nitrogens is 2. The van der Waals surface area contributed by atoms with Gasteiger partial charge in [-0.05, 0) is 37.6 Å². The SMILES string of the molecule is CC(C)(O)c1cncc(C(=O)N2CCN(C(=O)/C=C/c3ccc4c(c3)OC(F)(F)O4)CC2)n1. The topological polar surface area (TPSA) is 105 Å². The minimum atomic E-state index is -3.70. The van der Waals surface area contributed by atoms with Crippen LogP contribution in [-0.4, -0.2) is 69.2 Å². The minimum Gasteiger partial charge on any atom is -0.395 e. The molecule has 0 radical (unpaired) electrons. The molecule has 2 aliphatic heterocycles. The zero-order valence-corrected chi connectivity index (χ0v) is 18.0. The number of amides is 2. The van der Waals surface area contributed by atoms with Gasteiger partial charge in [-0.2, -0.15) is 0 Å². The number of halogens is 2. The molecule has 0 unspecified atom stereocenters. The first-order valence-electron chi connectivity index (χ1n) is 10.2. The van der Waals surface area contributed by atoms with E-state index in [0.29, 0.717) is 37.4 Å². The van der Waals surface area contributed by atoms with E-state index in [1.807, 2.05) is 0 Å². The molecule has 2 aliphatic rings. The van der Waals surface area contributed by atoms with Gasteiger partial charge in [0.1, 0.15) is 11.3 Å². The number of carbonyl (C=O) groups is 2. The third-order valence-electron chi connectivity index (χ3n) is 5.20. The van der Waals surface area contributed by atoms with E-state index in [1.165, 1.54) is 42.7 Å². The fourth-order valence-corrected chi connectivity index (χ4v) is 3.40. The van der Waals surface area contributed by atoms with Crippen LogP contribution in [0.3, 0.4) is 0 Å². The van der Waals surface area contributed by atoms with Crippen molar-refractivity contribution in [2.45, 2.75) is 25.7 Å². The Morgan fingerprint density at radius 2 is 1.76 bits per heavy atom. The lowest BCUT2D eigenvalue weighted by atomic mass is 10.1. The van der Waals surface area contributed by atoms with Gasteiger partial charge >= 0.3 is 6.29 Å². The second-order valence-corrected chi connectivity index (χ2v) is 8.17. The molecule has 2 aromatic rings. The molecule has 1 fully saturated rings. The zero-order chi connectivity index (χ0) is 23.8. The Labute approximate surface area is 188 Å². The van der Waals surface area contributed by atoms with Gasteiger partial charge in [0.2, 0.25) is 5.91 Å². The fourth-order valence-electron chi connectivity index (χ4n) is 3.40. The van der Waals surface area contributed by atoms with E-state index in [9.17, 15) is 23.5 Å². The summed E-state index contributed by atoms with van der Waals surface area (Å²) < 4.78 is 35.0. The standard InChI is InChI=1S/C22H22F2N4O5/c1-21(2,31)18-13-25-12-15(26-18)20(30)28-9-7-27(8-10-28)19(29)6-4-14-3-5-16-17(11-14)33-22(23,24)32-16/h3-6,11-13,31H,7-10H2,1-2H3/b6-4+. The van der Waals surface area contributed by atoms with Crippen molar-refractivity contribution in [2.75, 3.05) is 26.2 Å². The van der Waals surface area contributed by atoms with Crippen LogP contribution in [0.4, 0.5) is 8.78 Å². The Hall–Kier alpha value is -3.60. The zero-order valence-electron chi connectivity index (χ0n) is 18.0. The average Bonchev–Trinajstić information content (AvgIpc) is 3.09. The fraction of sp³-hybridized carbons (Fsp3) is 0.364. The maximum Gasteiger partial charge on any atom is 0.586 e.